The van der Waals surface area contributed by atoms with Crippen LogP contribution >= 0.6 is 0 Å². The number of alkyl halides is 3. The van der Waals surface area contributed by atoms with Gasteiger partial charge in [-0.3, -0.25) is 5.32 Å². The lowest BCUT2D eigenvalue weighted by Crippen LogP contribution is -2.39. The molecule has 232 valence electrons. The maximum Gasteiger partial charge on any atom is 0.427 e. The van der Waals surface area contributed by atoms with Gasteiger partial charge in [0.15, 0.2) is 23.5 Å². The molecule has 10 nitrogen and oxygen atoms in total. The quantitative estimate of drug-likeness (QED) is 0.249. The summed E-state index contributed by atoms with van der Waals surface area (Å²) >= 11 is 0. The van der Waals surface area contributed by atoms with Gasteiger partial charge in [0.2, 0.25) is 5.95 Å². The van der Waals surface area contributed by atoms with E-state index in [9.17, 15) is 18.0 Å². The Labute approximate surface area is 248 Å². The van der Waals surface area contributed by atoms with Crippen molar-refractivity contribution in [3.8, 4) is 0 Å². The summed E-state index contributed by atoms with van der Waals surface area (Å²) in [5.74, 6) is 2.13. The molecule has 3 heterocycles. The third-order valence-corrected chi connectivity index (χ3v) is 8.97. The minimum atomic E-state index is -4.41. The van der Waals surface area contributed by atoms with E-state index >= 15 is 0 Å². The van der Waals surface area contributed by atoms with Crippen molar-refractivity contribution in [2.75, 3.05) is 16.8 Å². The van der Waals surface area contributed by atoms with Crippen LogP contribution in [0.25, 0.3) is 11.2 Å². The molecule has 3 aromatic rings. The third kappa shape index (κ3) is 6.22. The molecule has 1 saturated heterocycles. The molecular formula is C30H39F3N8O2. The van der Waals surface area contributed by atoms with Gasteiger partial charge in [-0.2, -0.15) is 18.2 Å². The average Bonchev–Trinajstić information content (AvgIpc) is 3.54. The van der Waals surface area contributed by atoms with Crippen molar-refractivity contribution >= 4 is 29.0 Å². The zero-order valence-corrected chi connectivity index (χ0v) is 24.6. The van der Waals surface area contributed by atoms with E-state index in [1.807, 2.05) is 0 Å². The number of halogens is 3. The Morgan fingerprint density at radius 1 is 1.07 bits per heavy atom. The van der Waals surface area contributed by atoms with Crippen LogP contribution in [0, 0.1) is 5.92 Å². The van der Waals surface area contributed by atoms with E-state index in [1.165, 1.54) is 25.0 Å². The fourth-order valence-corrected chi connectivity index (χ4v) is 6.38. The van der Waals surface area contributed by atoms with Crippen LogP contribution in [0.3, 0.4) is 0 Å². The van der Waals surface area contributed by atoms with Gasteiger partial charge in [-0.25, -0.2) is 14.8 Å². The van der Waals surface area contributed by atoms with E-state index in [-0.39, 0.29) is 6.04 Å². The molecule has 1 amide bonds. The number of amides is 1. The number of imidazole rings is 1. The van der Waals surface area contributed by atoms with Gasteiger partial charge in [0, 0.05) is 18.6 Å². The highest BCUT2D eigenvalue weighted by atomic mass is 19.4. The Morgan fingerprint density at radius 3 is 2.42 bits per heavy atom. The molecule has 6 rings (SSSR count). The SMILES string of the molecule is CCCN(c1nc2nc(C3NOC(=O)N3)nc(N[C@H](C)C3CCC3)c2n1Cc1ccc(C(F)(F)F)cc1)C1CCCCC1. The zero-order chi connectivity index (χ0) is 30.1. The van der Waals surface area contributed by atoms with Gasteiger partial charge in [-0.1, -0.05) is 44.7 Å². The highest BCUT2D eigenvalue weighted by molar-refractivity contribution is 5.86. The number of fused-ring (bicyclic) bond motifs is 1. The molecule has 2 aliphatic carbocycles. The van der Waals surface area contributed by atoms with E-state index in [0.717, 1.165) is 69.6 Å². The van der Waals surface area contributed by atoms with Crippen molar-refractivity contribution in [2.24, 2.45) is 5.92 Å². The Morgan fingerprint density at radius 2 is 1.81 bits per heavy atom. The largest absolute Gasteiger partial charge is 0.427 e. The zero-order valence-electron chi connectivity index (χ0n) is 24.6. The maximum atomic E-state index is 13.3. The van der Waals surface area contributed by atoms with Gasteiger partial charge in [0.25, 0.3) is 0 Å². The van der Waals surface area contributed by atoms with Crippen molar-refractivity contribution < 1.29 is 22.8 Å². The highest BCUT2D eigenvalue weighted by Crippen LogP contribution is 2.36. The molecule has 2 atom stereocenters. The van der Waals surface area contributed by atoms with E-state index in [4.69, 9.17) is 19.8 Å². The number of aromatic nitrogens is 4. The molecular weight excluding hydrogens is 561 g/mol. The molecule has 0 bridgehead atoms. The Bertz CT molecular complexity index is 1430. The Hall–Kier alpha value is -3.61. The topological polar surface area (TPSA) is 109 Å². The Kier molecular flexibility index (Phi) is 8.34. The third-order valence-electron chi connectivity index (χ3n) is 8.97. The number of carbonyl (C=O) groups excluding carboxylic acids is 1. The van der Waals surface area contributed by atoms with Crippen LogP contribution in [0.2, 0.25) is 0 Å². The number of nitrogens with one attached hydrogen (secondary N) is 3. The second-order valence-corrected chi connectivity index (χ2v) is 12.0. The summed E-state index contributed by atoms with van der Waals surface area (Å²) in [5.41, 5.74) is 3.81. The van der Waals surface area contributed by atoms with E-state index < -0.39 is 24.0 Å². The van der Waals surface area contributed by atoms with Crippen molar-refractivity contribution in [1.82, 2.24) is 30.3 Å². The Balaban J connectivity index is 1.49. The fourth-order valence-electron chi connectivity index (χ4n) is 6.38. The van der Waals surface area contributed by atoms with Gasteiger partial charge >= 0.3 is 12.3 Å². The summed E-state index contributed by atoms with van der Waals surface area (Å²) in [5, 5.41) is 6.29. The van der Waals surface area contributed by atoms with Crippen molar-refractivity contribution in [2.45, 2.75) is 103 Å². The number of hydrogen-bond acceptors (Lipinski definition) is 8. The van der Waals surface area contributed by atoms with E-state index in [1.54, 1.807) is 0 Å². The van der Waals surface area contributed by atoms with Crippen LogP contribution < -0.4 is 21.0 Å². The first-order valence-corrected chi connectivity index (χ1v) is 15.4. The lowest BCUT2D eigenvalue weighted by Gasteiger charge is -2.35. The standard InChI is InChI=1S/C30H39F3N8O2/c1-3-16-40(22-10-5-4-6-11-22)28-37-25-23(41(28)17-19-12-14-21(15-13-19)30(31,32)33)24(34-18(2)20-8-7-9-20)35-26(36-25)27-38-29(42)43-39-27/h12-15,18,20,22,27,39H,3-11,16-17H2,1-2H3,(H,38,42)(H,34,35,36)/t18-,27?/m1/s1. The van der Waals surface area contributed by atoms with Gasteiger partial charge in [0.1, 0.15) is 5.52 Å². The van der Waals surface area contributed by atoms with E-state index in [0.29, 0.717) is 46.9 Å². The molecule has 2 aromatic heterocycles. The summed E-state index contributed by atoms with van der Waals surface area (Å²) in [7, 11) is 0. The van der Waals surface area contributed by atoms with Crippen LogP contribution in [-0.2, 0) is 17.6 Å². The van der Waals surface area contributed by atoms with E-state index in [2.05, 4.69) is 39.4 Å². The molecule has 3 fully saturated rings. The number of nitrogens with zero attached hydrogens (tertiary/aromatic N) is 5. The fraction of sp³-hybridized carbons (Fsp3) is 0.600. The van der Waals surface area contributed by atoms with Crippen LogP contribution in [0.4, 0.5) is 29.7 Å². The molecule has 1 unspecified atom stereocenters. The second-order valence-electron chi connectivity index (χ2n) is 12.0. The first-order chi connectivity index (χ1) is 20.7. The van der Waals surface area contributed by atoms with Crippen LogP contribution in [0.5, 0.6) is 0 Å². The van der Waals surface area contributed by atoms with Gasteiger partial charge < -0.3 is 19.6 Å². The van der Waals surface area contributed by atoms with Crippen LogP contribution in [-0.4, -0.2) is 44.2 Å². The van der Waals surface area contributed by atoms with Gasteiger partial charge in [-0.05, 0) is 62.6 Å². The van der Waals surface area contributed by atoms with Crippen LogP contribution in [0.15, 0.2) is 24.3 Å². The number of carbonyl (C=O) groups is 1. The summed E-state index contributed by atoms with van der Waals surface area (Å²) < 4.78 is 42.1. The summed E-state index contributed by atoms with van der Waals surface area (Å²) in [4.78, 5) is 33.8. The normalized spacial score (nSPS) is 20.5. The summed E-state index contributed by atoms with van der Waals surface area (Å²) in [6.07, 6.45) is 4.21. The van der Waals surface area contributed by atoms with Crippen LogP contribution in [0.1, 0.15) is 94.8 Å². The summed E-state index contributed by atoms with van der Waals surface area (Å²) in [6, 6.07) is 5.74. The molecule has 1 aromatic carbocycles. The number of benzene rings is 1. The molecule has 3 N–H and O–H groups in total. The van der Waals surface area contributed by atoms with Crippen molar-refractivity contribution in [3.63, 3.8) is 0 Å². The number of hydrogen-bond donors (Lipinski definition) is 3. The van der Waals surface area contributed by atoms with Gasteiger partial charge in [-0.15, -0.1) is 5.48 Å². The van der Waals surface area contributed by atoms with Crippen molar-refractivity contribution in [1.29, 1.82) is 0 Å². The summed E-state index contributed by atoms with van der Waals surface area (Å²) in [6.45, 7) is 5.36. The number of hydroxylamine groups is 1. The monoisotopic (exact) mass is 600 g/mol. The predicted molar refractivity (Wildman–Crippen MR) is 156 cm³/mol. The highest BCUT2D eigenvalue weighted by Gasteiger charge is 2.33. The smallest absolute Gasteiger partial charge is 0.365 e. The number of rotatable bonds is 10. The van der Waals surface area contributed by atoms with Gasteiger partial charge in [0.05, 0.1) is 12.1 Å². The maximum absolute atomic E-state index is 13.3. The predicted octanol–water partition coefficient (Wildman–Crippen LogP) is 6.29. The average molecular weight is 601 g/mol. The molecule has 13 heteroatoms. The molecule has 43 heavy (non-hydrogen) atoms. The molecule has 0 spiro atoms. The first-order valence-electron chi connectivity index (χ1n) is 15.4. The lowest BCUT2D eigenvalue weighted by atomic mass is 9.80. The molecule has 3 aliphatic rings. The lowest BCUT2D eigenvalue weighted by molar-refractivity contribution is -0.137. The molecule has 0 radical (unpaired) electrons. The first kappa shape index (κ1) is 29.5. The van der Waals surface area contributed by atoms with Crippen molar-refractivity contribution in [3.05, 3.63) is 41.2 Å². The molecule has 1 aliphatic heterocycles. The number of anilines is 2. The minimum absolute atomic E-state index is 0.130. The minimum Gasteiger partial charge on any atom is -0.365 e. The molecule has 2 saturated carbocycles. The second kappa shape index (κ2) is 12.2.